The van der Waals surface area contributed by atoms with Gasteiger partial charge in [0, 0.05) is 24.7 Å². The summed E-state index contributed by atoms with van der Waals surface area (Å²) >= 11 is 0. The van der Waals surface area contributed by atoms with Gasteiger partial charge in [-0.25, -0.2) is 0 Å². The maximum Gasteiger partial charge on any atom is 0.0848 e. The molecule has 1 rings (SSSR count). The van der Waals surface area contributed by atoms with E-state index in [-0.39, 0.29) is 11.5 Å². The molecular formula is C25H42N2. The van der Waals surface area contributed by atoms with Crippen LogP contribution in [-0.2, 0) is 0 Å². The summed E-state index contributed by atoms with van der Waals surface area (Å²) in [5, 5.41) is 0. The van der Waals surface area contributed by atoms with Gasteiger partial charge in [-0.15, -0.1) is 13.2 Å². The van der Waals surface area contributed by atoms with E-state index in [2.05, 4.69) is 121 Å². The lowest BCUT2D eigenvalue weighted by atomic mass is 9.70. The molecular weight excluding hydrogens is 328 g/mol. The maximum absolute atomic E-state index is 4.24. The largest absolute Gasteiger partial charge is 0.359 e. The molecule has 0 aromatic heterocycles. The molecule has 0 radical (unpaired) electrons. The Hall–Kier alpha value is -1.54. The van der Waals surface area contributed by atoms with Crippen molar-refractivity contribution < 1.29 is 0 Å². The molecule has 0 saturated heterocycles. The SMILES string of the molecule is C=CC1C=C(/C=C\C)N(C)C(C(C)C)N1C[C@](C)(C=C)C(/C=C\C)C(C)C. The summed E-state index contributed by atoms with van der Waals surface area (Å²) in [7, 11) is 2.21. The summed E-state index contributed by atoms with van der Waals surface area (Å²) in [6.45, 7) is 25.1. The first-order valence-corrected chi connectivity index (χ1v) is 10.4. The number of allylic oxidation sites excluding steroid dienone is 4. The van der Waals surface area contributed by atoms with E-state index in [0.29, 0.717) is 23.9 Å². The maximum atomic E-state index is 4.24. The van der Waals surface area contributed by atoms with Crippen LogP contribution in [0, 0.1) is 23.2 Å². The molecule has 0 aromatic rings. The van der Waals surface area contributed by atoms with Crippen LogP contribution in [0.2, 0.25) is 0 Å². The third kappa shape index (κ3) is 5.25. The Morgan fingerprint density at radius 3 is 2.19 bits per heavy atom. The standard InChI is InChI=1S/C25H42N2/c1-11-15-22-17-21(13-3)27(24(20(7)8)26(22)10)18-25(9,14-4)23(16-12-2)19(5)6/h11-17,19-21,23-24H,3-4,18H2,1-2,5-10H3/b15-11-,16-12-/t21?,23?,24?,25-/m0/s1. The second kappa shape index (κ2) is 10.1. The summed E-state index contributed by atoms with van der Waals surface area (Å²) in [6.07, 6.45) is 15.8. The van der Waals surface area contributed by atoms with E-state index in [1.807, 2.05) is 0 Å². The third-order valence-electron chi connectivity index (χ3n) is 5.91. The number of likely N-dealkylation sites (N-methyl/N-ethyl adjacent to an activating group) is 1. The van der Waals surface area contributed by atoms with Gasteiger partial charge in [-0.3, -0.25) is 4.90 Å². The number of hydrogen-bond donors (Lipinski definition) is 0. The highest BCUT2D eigenvalue weighted by Gasteiger charge is 2.40. The molecule has 3 unspecified atom stereocenters. The summed E-state index contributed by atoms with van der Waals surface area (Å²) in [4.78, 5) is 5.01. The molecule has 1 aliphatic rings. The molecule has 1 aliphatic heterocycles. The van der Waals surface area contributed by atoms with E-state index in [9.17, 15) is 0 Å². The zero-order valence-corrected chi connectivity index (χ0v) is 18.9. The van der Waals surface area contributed by atoms with Crippen LogP contribution in [0.3, 0.4) is 0 Å². The molecule has 0 amide bonds. The zero-order chi connectivity index (χ0) is 20.8. The average Bonchev–Trinajstić information content (AvgIpc) is 2.61. The van der Waals surface area contributed by atoms with Crippen LogP contribution in [0.4, 0.5) is 0 Å². The predicted octanol–water partition coefficient (Wildman–Crippen LogP) is 6.27. The van der Waals surface area contributed by atoms with Crippen molar-refractivity contribution in [3.05, 3.63) is 61.4 Å². The van der Waals surface area contributed by atoms with Crippen molar-refractivity contribution in [2.24, 2.45) is 23.2 Å². The minimum absolute atomic E-state index is 0.0120. The van der Waals surface area contributed by atoms with Gasteiger partial charge in [0.05, 0.1) is 12.2 Å². The fourth-order valence-corrected chi connectivity index (χ4v) is 4.63. The molecule has 0 aromatic carbocycles. The van der Waals surface area contributed by atoms with Crippen LogP contribution in [0.5, 0.6) is 0 Å². The van der Waals surface area contributed by atoms with Gasteiger partial charge in [-0.05, 0) is 43.8 Å². The van der Waals surface area contributed by atoms with E-state index in [0.717, 1.165) is 6.54 Å². The third-order valence-corrected chi connectivity index (χ3v) is 5.91. The van der Waals surface area contributed by atoms with E-state index in [1.165, 1.54) is 5.70 Å². The van der Waals surface area contributed by atoms with Gasteiger partial charge in [-0.1, -0.05) is 65.0 Å². The minimum atomic E-state index is -0.0120. The van der Waals surface area contributed by atoms with Gasteiger partial charge in [0.15, 0.2) is 0 Å². The molecule has 0 aliphatic carbocycles. The normalized spacial score (nSPS) is 25.3. The Morgan fingerprint density at radius 1 is 1.15 bits per heavy atom. The second-order valence-corrected chi connectivity index (χ2v) is 8.76. The molecule has 4 atom stereocenters. The molecule has 0 saturated carbocycles. The van der Waals surface area contributed by atoms with E-state index >= 15 is 0 Å². The van der Waals surface area contributed by atoms with E-state index in [4.69, 9.17) is 0 Å². The van der Waals surface area contributed by atoms with Crippen molar-refractivity contribution >= 4 is 0 Å². The molecule has 27 heavy (non-hydrogen) atoms. The molecule has 1 heterocycles. The topological polar surface area (TPSA) is 6.48 Å². The van der Waals surface area contributed by atoms with Gasteiger partial charge in [0.1, 0.15) is 0 Å². The molecule has 2 heteroatoms. The Kier molecular flexibility index (Phi) is 8.81. The van der Waals surface area contributed by atoms with Crippen LogP contribution in [0.1, 0.15) is 48.5 Å². The van der Waals surface area contributed by atoms with Crippen LogP contribution in [-0.4, -0.2) is 35.6 Å². The Balaban J connectivity index is 3.40. The molecule has 0 bridgehead atoms. The second-order valence-electron chi connectivity index (χ2n) is 8.76. The van der Waals surface area contributed by atoms with Gasteiger partial charge >= 0.3 is 0 Å². The molecule has 2 nitrogen and oxygen atoms in total. The lowest BCUT2D eigenvalue weighted by Crippen LogP contribution is -2.58. The Morgan fingerprint density at radius 2 is 1.78 bits per heavy atom. The van der Waals surface area contributed by atoms with Crippen molar-refractivity contribution in [3.63, 3.8) is 0 Å². The summed E-state index contributed by atoms with van der Waals surface area (Å²) in [5.41, 5.74) is 1.26. The Labute approximate surface area is 169 Å². The van der Waals surface area contributed by atoms with Crippen molar-refractivity contribution in [2.75, 3.05) is 13.6 Å². The highest BCUT2D eigenvalue weighted by Crippen LogP contribution is 2.39. The van der Waals surface area contributed by atoms with Gasteiger partial charge in [-0.2, -0.15) is 0 Å². The average molecular weight is 371 g/mol. The molecule has 152 valence electrons. The summed E-state index contributed by atoms with van der Waals surface area (Å²) < 4.78 is 0. The van der Waals surface area contributed by atoms with Gasteiger partial charge < -0.3 is 4.90 Å². The van der Waals surface area contributed by atoms with Crippen molar-refractivity contribution in [2.45, 2.75) is 60.7 Å². The fraction of sp³-hybridized carbons (Fsp3) is 0.600. The Bertz CT molecular complexity index is 581. The van der Waals surface area contributed by atoms with Crippen LogP contribution < -0.4 is 0 Å². The van der Waals surface area contributed by atoms with Crippen molar-refractivity contribution in [1.29, 1.82) is 0 Å². The quantitative estimate of drug-likeness (QED) is 0.441. The first kappa shape index (κ1) is 23.5. The van der Waals surface area contributed by atoms with E-state index in [1.54, 1.807) is 0 Å². The first-order chi connectivity index (χ1) is 12.7. The lowest BCUT2D eigenvalue weighted by molar-refractivity contribution is -0.00439. The van der Waals surface area contributed by atoms with Gasteiger partial charge in [0.2, 0.25) is 0 Å². The number of nitrogens with zero attached hydrogens (tertiary/aromatic N) is 2. The smallest absolute Gasteiger partial charge is 0.0848 e. The predicted molar refractivity (Wildman–Crippen MR) is 121 cm³/mol. The highest BCUT2D eigenvalue weighted by atomic mass is 15.4. The lowest BCUT2D eigenvalue weighted by Gasteiger charge is -2.51. The molecule has 0 fully saturated rings. The van der Waals surface area contributed by atoms with Crippen LogP contribution in [0.25, 0.3) is 0 Å². The number of hydrogen-bond acceptors (Lipinski definition) is 2. The van der Waals surface area contributed by atoms with Gasteiger partial charge in [0.25, 0.3) is 0 Å². The van der Waals surface area contributed by atoms with Crippen molar-refractivity contribution in [1.82, 2.24) is 9.80 Å². The highest BCUT2D eigenvalue weighted by molar-refractivity contribution is 5.26. The summed E-state index contributed by atoms with van der Waals surface area (Å²) in [6, 6.07) is 0.220. The monoisotopic (exact) mass is 370 g/mol. The number of rotatable bonds is 9. The van der Waals surface area contributed by atoms with E-state index < -0.39 is 0 Å². The molecule has 0 N–H and O–H groups in total. The first-order valence-electron chi connectivity index (χ1n) is 10.4. The van der Waals surface area contributed by atoms with Crippen molar-refractivity contribution in [3.8, 4) is 0 Å². The molecule has 0 spiro atoms. The van der Waals surface area contributed by atoms with Crippen LogP contribution >= 0.6 is 0 Å². The zero-order valence-electron chi connectivity index (χ0n) is 18.9. The minimum Gasteiger partial charge on any atom is -0.359 e. The summed E-state index contributed by atoms with van der Waals surface area (Å²) in [5.74, 6) is 1.50. The fourth-order valence-electron chi connectivity index (χ4n) is 4.63. The van der Waals surface area contributed by atoms with Crippen LogP contribution in [0.15, 0.2) is 61.4 Å².